The monoisotopic (exact) mass is 222 g/mol. The molecule has 0 unspecified atom stereocenters. The summed E-state index contributed by atoms with van der Waals surface area (Å²) in [6.45, 7) is 3.08. The van der Waals surface area contributed by atoms with Gasteiger partial charge >= 0.3 is 11.9 Å². The van der Waals surface area contributed by atoms with Gasteiger partial charge in [0.15, 0.2) is 0 Å². The minimum atomic E-state index is -0.767. The molecule has 1 heterocycles. The normalized spacial score (nSPS) is 13.8. The Labute approximate surface area is 83.8 Å². The summed E-state index contributed by atoms with van der Waals surface area (Å²) in [5.41, 5.74) is 0. The molecule has 0 aromatic heterocycles. The van der Waals surface area contributed by atoms with E-state index >= 15 is 0 Å². The molecule has 6 heteroatoms. The van der Waals surface area contributed by atoms with Crippen LogP contribution in [0, 0.1) is 0 Å². The van der Waals surface area contributed by atoms with E-state index in [-0.39, 0.29) is 5.03 Å². The van der Waals surface area contributed by atoms with Crippen molar-refractivity contribution in [3.8, 4) is 0 Å². The van der Waals surface area contributed by atoms with Crippen LogP contribution in [0.1, 0.15) is 0 Å². The van der Waals surface area contributed by atoms with Crippen LogP contribution >= 0.6 is 23.2 Å². The van der Waals surface area contributed by atoms with Crippen LogP contribution in [0.25, 0.3) is 0 Å². The molecule has 0 amide bonds. The summed E-state index contributed by atoms with van der Waals surface area (Å²) in [5.74, 6) is -1.46. The lowest BCUT2D eigenvalue weighted by atomic mass is 10.6. The van der Waals surface area contributed by atoms with E-state index in [4.69, 9.17) is 23.2 Å². The Bertz CT molecular complexity index is 293. The van der Waals surface area contributed by atoms with Crippen LogP contribution in [0.15, 0.2) is 23.8 Å². The molecule has 0 radical (unpaired) electrons. The van der Waals surface area contributed by atoms with Crippen molar-refractivity contribution in [1.29, 1.82) is 0 Å². The second-order valence-corrected chi connectivity index (χ2v) is 2.49. The van der Waals surface area contributed by atoms with Crippen molar-refractivity contribution in [1.82, 2.24) is 0 Å². The molecule has 0 aliphatic carbocycles. The lowest BCUT2D eigenvalue weighted by Gasteiger charge is -1.82. The van der Waals surface area contributed by atoms with Gasteiger partial charge in [-0.1, -0.05) is 18.2 Å². The highest BCUT2D eigenvalue weighted by Gasteiger charge is 2.20. The summed E-state index contributed by atoms with van der Waals surface area (Å²) in [5, 5.41) is -0.667. The van der Waals surface area contributed by atoms with E-state index in [9.17, 15) is 14.4 Å². The fourth-order valence-electron chi connectivity index (χ4n) is 0.332. The van der Waals surface area contributed by atoms with E-state index in [0.29, 0.717) is 0 Å². The number of esters is 2. The summed E-state index contributed by atoms with van der Waals surface area (Å²) in [6.07, 6.45) is 1.98. The summed E-state index contributed by atoms with van der Waals surface area (Å²) < 4.78 is 3.97. The zero-order valence-electron chi connectivity index (χ0n) is 6.25. The van der Waals surface area contributed by atoms with Crippen molar-refractivity contribution in [2.75, 3.05) is 0 Å². The molecule has 0 aromatic carbocycles. The van der Waals surface area contributed by atoms with Crippen LogP contribution in [-0.4, -0.2) is 17.2 Å². The minimum Gasteiger partial charge on any atom is -0.385 e. The third-order valence-electron chi connectivity index (χ3n) is 0.793. The number of ether oxygens (including phenoxy) is 1. The van der Waals surface area contributed by atoms with Crippen LogP contribution in [-0.2, 0) is 19.1 Å². The molecule has 1 aliphatic heterocycles. The third kappa shape index (κ3) is 5.16. The minimum absolute atomic E-state index is 0.157. The Balaban J connectivity index is 0.000000252. The van der Waals surface area contributed by atoms with E-state index in [2.05, 4.69) is 11.3 Å². The fraction of sp³-hybridized carbons (Fsp3) is 0. The molecule has 4 nitrogen and oxygen atoms in total. The zero-order valence-corrected chi connectivity index (χ0v) is 7.76. The second kappa shape index (κ2) is 5.50. The van der Waals surface area contributed by atoms with Crippen molar-refractivity contribution >= 4 is 40.4 Å². The maximum Gasteiger partial charge on any atom is 0.357 e. The number of rotatable bonds is 1. The van der Waals surface area contributed by atoms with Crippen molar-refractivity contribution in [2.45, 2.75) is 0 Å². The first-order valence-corrected chi connectivity index (χ1v) is 3.68. The Morgan fingerprint density at radius 1 is 1.54 bits per heavy atom. The number of carbonyl (C=O) groups excluding carboxylic acids is 3. The smallest absolute Gasteiger partial charge is 0.357 e. The highest BCUT2D eigenvalue weighted by atomic mass is 35.5. The van der Waals surface area contributed by atoms with Crippen molar-refractivity contribution in [3.63, 3.8) is 0 Å². The Hall–Kier alpha value is -1.13. The van der Waals surface area contributed by atoms with Crippen LogP contribution < -0.4 is 0 Å². The maximum atomic E-state index is 10.1. The van der Waals surface area contributed by atoms with Crippen molar-refractivity contribution in [2.24, 2.45) is 0 Å². The van der Waals surface area contributed by atoms with Gasteiger partial charge in [-0.15, -0.1) is 0 Å². The van der Waals surface area contributed by atoms with Crippen LogP contribution in [0.3, 0.4) is 0 Å². The Kier molecular flexibility index (Phi) is 5.03. The van der Waals surface area contributed by atoms with Gasteiger partial charge in [0.05, 0.1) is 0 Å². The summed E-state index contributed by atoms with van der Waals surface area (Å²) in [4.78, 5) is 29.7. The fourth-order valence-corrected chi connectivity index (χ4v) is 0.460. The molecule has 0 saturated heterocycles. The van der Waals surface area contributed by atoms with Crippen LogP contribution in [0.5, 0.6) is 0 Å². The molecule has 0 saturated carbocycles. The van der Waals surface area contributed by atoms with E-state index in [0.717, 1.165) is 12.2 Å². The molecule has 0 atom stereocenters. The topological polar surface area (TPSA) is 60.4 Å². The number of cyclic esters (lactones) is 2. The van der Waals surface area contributed by atoms with Crippen LogP contribution in [0.4, 0.5) is 0 Å². The molecule has 13 heavy (non-hydrogen) atoms. The van der Waals surface area contributed by atoms with E-state index in [1.54, 1.807) is 0 Å². The standard InChI is InChI=1S/C4HClO3.C3H3ClO/c5-2-1-3(6)8-4(2)7;1-2-3(4)5/h1H;2H,1H2. The summed E-state index contributed by atoms with van der Waals surface area (Å²) in [6, 6.07) is 0. The van der Waals surface area contributed by atoms with Crippen LogP contribution in [0.2, 0.25) is 0 Å². The number of hydrogen-bond donors (Lipinski definition) is 0. The molecular weight excluding hydrogens is 219 g/mol. The molecule has 0 aromatic rings. The molecule has 1 rings (SSSR count). The highest BCUT2D eigenvalue weighted by Crippen LogP contribution is 2.10. The first-order valence-electron chi connectivity index (χ1n) is 2.92. The second-order valence-electron chi connectivity index (χ2n) is 1.71. The number of hydrogen-bond acceptors (Lipinski definition) is 4. The molecule has 1 aliphatic rings. The first-order chi connectivity index (χ1) is 5.97. The van der Waals surface area contributed by atoms with Gasteiger partial charge in [-0.3, -0.25) is 4.79 Å². The SMILES string of the molecule is C=CC(=O)Cl.O=C1C=C(Cl)C(=O)O1. The lowest BCUT2D eigenvalue weighted by Crippen LogP contribution is -1.98. The third-order valence-corrected chi connectivity index (χ3v) is 1.21. The van der Waals surface area contributed by atoms with E-state index in [1.807, 2.05) is 0 Å². The summed E-state index contributed by atoms with van der Waals surface area (Å²) in [7, 11) is 0. The average molecular weight is 223 g/mol. The van der Waals surface area contributed by atoms with Gasteiger partial charge in [0.2, 0.25) is 5.24 Å². The lowest BCUT2D eigenvalue weighted by molar-refractivity contribution is -0.150. The highest BCUT2D eigenvalue weighted by molar-refractivity contribution is 6.66. The maximum absolute atomic E-state index is 10.1. The number of carbonyl (C=O) groups is 3. The number of halogens is 2. The number of allylic oxidation sites excluding steroid dienone is 1. The van der Waals surface area contributed by atoms with Gasteiger partial charge in [0.25, 0.3) is 0 Å². The molecule has 0 fully saturated rings. The van der Waals surface area contributed by atoms with E-state index < -0.39 is 17.2 Å². The van der Waals surface area contributed by atoms with Crippen molar-refractivity contribution in [3.05, 3.63) is 23.8 Å². The largest absolute Gasteiger partial charge is 0.385 e. The predicted octanol–water partition coefficient (Wildman–Crippen LogP) is 1.13. The Morgan fingerprint density at radius 3 is 2.08 bits per heavy atom. The zero-order chi connectivity index (χ0) is 10.4. The summed E-state index contributed by atoms with van der Waals surface area (Å²) >= 11 is 9.83. The van der Waals surface area contributed by atoms with Gasteiger partial charge < -0.3 is 4.74 Å². The quantitative estimate of drug-likeness (QED) is 0.289. The average Bonchev–Trinajstić information content (AvgIpc) is 2.31. The molecule has 0 bridgehead atoms. The van der Waals surface area contributed by atoms with Gasteiger partial charge in [0, 0.05) is 6.08 Å². The molecule has 0 spiro atoms. The van der Waals surface area contributed by atoms with Gasteiger partial charge in [-0.2, -0.15) is 0 Å². The van der Waals surface area contributed by atoms with Gasteiger partial charge in [-0.05, 0) is 17.7 Å². The predicted molar refractivity (Wildman–Crippen MR) is 46.1 cm³/mol. The van der Waals surface area contributed by atoms with Gasteiger partial charge in [0.1, 0.15) is 5.03 Å². The van der Waals surface area contributed by atoms with Gasteiger partial charge in [-0.25, -0.2) is 9.59 Å². The van der Waals surface area contributed by atoms with Crippen molar-refractivity contribution < 1.29 is 19.1 Å². The molecule has 70 valence electrons. The van der Waals surface area contributed by atoms with E-state index in [1.165, 1.54) is 0 Å². The first kappa shape index (κ1) is 11.9. The Morgan fingerprint density at radius 2 is 2.00 bits per heavy atom. The molecule has 0 N–H and O–H groups in total. The molecular formula is C7H4Cl2O4.